The topological polar surface area (TPSA) is 50.4 Å². The van der Waals surface area contributed by atoms with Gasteiger partial charge in [0.25, 0.3) is 5.91 Å². The summed E-state index contributed by atoms with van der Waals surface area (Å²) in [5, 5.41) is 5.92. The molecule has 0 aliphatic rings. The van der Waals surface area contributed by atoms with Crippen LogP contribution < -0.4 is 15.4 Å². The van der Waals surface area contributed by atoms with Crippen LogP contribution in [0.4, 0.5) is 5.69 Å². The normalized spacial score (nSPS) is 10.2. The van der Waals surface area contributed by atoms with Crippen LogP contribution in [0, 0.1) is 27.7 Å². The highest BCUT2D eigenvalue weighted by molar-refractivity contribution is 7.80. The fraction of sp³-hybridized carbons (Fsp3) is 0.263. The lowest BCUT2D eigenvalue weighted by Crippen LogP contribution is -2.37. The van der Waals surface area contributed by atoms with Crippen molar-refractivity contribution in [2.75, 3.05) is 11.9 Å². The number of aryl methyl sites for hydroxylation is 4. The molecule has 0 aromatic heterocycles. The summed E-state index contributed by atoms with van der Waals surface area (Å²) in [5.41, 5.74) is 5.20. The Morgan fingerprint density at radius 2 is 1.67 bits per heavy atom. The number of thiocarbonyl (C=S) groups is 1. The molecule has 0 aliphatic heterocycles. The van der Waals surface area contributed by atoms with Gasteiger partial charge in [0, 0.05) is 5.69 Å². The van der Waals surface area contributed by atoms with Crippen LogP contribution in [0.3, 0.4) is 0 Å². The number of benzene rings is 2. The number of amides is 1. The fourth-order valence-electron chi connectivity index (χ4n) is 2.28. The molecule has 0 saturated heterocycles. The molecule has 0 saturated carbocycles. The Labute approximate surface area is 148 Å². The maximum Gasteiger partial charge on any atom is 0.264 e. The third kappa shape index (κ3) is 5.06. The smallest absolute Gasteiger partial charge is 0.264 e. The van der Waals surface area contributed by atoms with Crippen LogP contribution in [-0.4, -0.2) is 17.6 Å². The van der Waals surface area contributed by atoms with Gasteiger partial charge in [-0.3, -0.25) is 10.1 Å². The highest BCUT2D eigenvalue weighted by Crippen LogP contribution is 2.19. The minimum Gasteiger partial charge on any atom is -0.483 e. The Kier molecular flexibility index (Phi) is 5.93. The molecule has 126 valence electrons. The van der Waals surface area contributed by atoms with Crippen molar-refractivity contribution in [1.29, 1.82) is 0 Å². The van der Waals surface area contributed by atoms with E-state index in [-0.39, 0.29) is 17.6 Å². The van der Waals surface area contributed by atoms with Crippen LogP contribution in [0.15, 0.2) is 36.4 Å². The number of ether oxygens (including phenoxy) is 1. The van der Waals surface area contributed by atoms with Crippen molar-refractivity contribution in [3.8, 4) is 5.75 Å². The van der Waals surface area contributed by atoms with Gasteiger partial charge in [-0.15, -0.1) is 0 Å². The van der Waals surface area contributed by atoms with Crippen molar-refractivity contribution < 1.29 is 9.53 Å². The Morgan fingerprint density at radius 1 is 1.00 bits per heavy atom. The first-order valence-electron chi connectivity index (χ1n) is 7.73. The lowest BCUT2D eigenvalue weighted by molar-refractivity contribution is -0.121. The van der Waals surface area contributed by atoms with E-state index in [2.05, 4.69) is 16.7 Å². The van der Waals surface area contributed by atoms with E-state index in [4.69, 9.17) is 17.0 Å². The Bertz CT molecular complexity index is 772. The van der Waals surface area contributed by atoms with Crippen LogP contribution >= 0.6 is 12.2 Å². The van der Waals surface area contributed by atoms with Crippen molar-refractivity contribution in [2.24, 2.45) is 0 Å². The van der Waals surface area contributed by atoms with E-state index in [9.17, 15) is 4.79 Å². The molecule has 2 N–H and O–H groups in total. The summed E-state index contributed by atoms with van der Waals surface area (Å²) in [4.78, 5) is 12.0. The van der Waals surface area contributed by atoms with Gasteiger partial charge in [0.05, 0.1) is 0 Å². The van der Waals surface area contributed by atoms with Crippen LogP contribution in [0.5, 0.6) is 5.75 Å². The van der Waals surface area contributed by atoms with Gasteiger partial charge >= 0.3 is 0 Å². The van der Waals surface area contributed by atoms with Crippen molar-refractivity contribution in [3.63, 3.8) is 0 Å². The maximum atomic E-state index is 12.0. The van der Waals surface area contributed by atoms with Crippen molar-refractivity contribution in [1.82, 2.24) is 5.32 Å². The first-order chi connectivity index (χ1) is 11.3. The van der Waals surface area contributed by atoms with Crippen LogP contribution in [0.1, 0.15) is 22.3 Å². The minimum absolute atomic E-state index is 0.0843. The molecule has 0 radical (unpaired) electrons. The summed E-state index contributed by atoms with van der Waals surface area (Å²) in [6.45, 7) is 7.86. The van der Waals surface area contributed by atoms with E-state index in [1.54, 1.807) is 0 Å². The molecule has 0 fully saturated rings. The van der Waals surface area contributed by atoms with Gasteiger partial charge in [-0.05, 0) is 68.7 Å². The molecule has 0 heterocycles. The molecule has 4 nitrogen and oxygen atoms in total. The molecule has 2 aromatic carbocycles. The quantitative estimate of drug-likeness (QED) is 0.830. The molecule has 0 bridgehead atoms. The van der Waals surface area contributed by atoms with E-state index in [1.165, 1.54) is 5.56 Å². The Balaban J connectivity index is 1.87. The van der Waals surface area contributed by atoms with Crippen molar-refractivity contribution >= 4 is 28.9 Å². The zero-order chi connectivity index (χ0) is 17.7. The molecular weight excluding hydrogens is 320 g/mol. The van der Waals surface area contributed by atoms with Crippen LogP contribution in [0.25, 0.3) is 0 Å². The van der Waals surface area contributed by atoms with Gasteiger partial charge in [-0.25, -0.2) is 0 Å². The molecule has 0 aliphatic carbocycles. The number of anilines is 1. The molecule has 0 spiro atoms. The second-order valence-corrected chi connectivity index (χ2v) is 6.29. The number of rotatable bonds is 4. The zero-order valence-electron chi connectivity index (χ0n) is 14.4. The van der Waals surface area contributed by atoms with Gasteiger partial charge in [-0.2, -0.15) is 0 Å². The summed E-state index contributed by atoms with van der Waals surface area (Å²) in [6.07, 6.45) is 0. The molecular formula is C19H22N2O2S. The second-order valence-electron chi connectivity index (χ2n) is 5.88. The molecule has 0 atom stereocenters. The van der Waals surface area contributed by atoms with Gasteiger partial charge < -0.3 is 10.1 Å². The summed E-state index contributed by atoms with van der Waals surface area (Å²) < 4.78 is 5.57. The standard InChI is InChI=1S/C19H22N2O2S/c1-12-6-8-16(15(4)9-12)20-19(24)21-18(22)11-23-17-10-13(2)5-7-14(17)3/h5-10H,11H2,1-4H3,(H2,20,21,22,24). The SMILES string of the molecule is Cc1ccc(NC(=S)NC(=O)COc2cc(C)ccc2C)c(C)c1. The van der Waals surface area contributed by atoms with Gasteiger partial charge in [0.15, 0.2) is 11.7 Å². The third-order valence-corrected chi connectivity index (χ3v) is 3.79. The predicted octanol–water partition coefficient (Wildman–Crippen LogP) is 3.81. The van der Waals surface area contributed by atoms with E-state index >= 15 is 0 Å². The number of nitrogens with one attached hydrogen (secondary N) is 2. The largest absolute Gasteiger partial charge is 0.483 e. The van der Waals surface area contributed by atoms with Crippen LogP contribution in [-0.2, 0) is 4.79 Å². The van der Waals surface area contributed by atoms with E-state index < -0.39 is 0 Å². The third-order valence-electron chi connectivity index (χ3n) is 3.59. The molecule has 1 amide bonds. The molecule has 2 aromatic rings. The maximum absolute atomic E-state index is 12.0. The molecule has 2 rings (SSSR count). The summed E-state index contributed by atoms with van der Waals surface area (Å²) in [5.74, 6) is 0.413. The molecule has 5 heteroatoms. The second kappa shape index (κ2) is 7.93. The van der Waals surface area contributed by atoms with Crippen molar-refractivity contribution in [2.45, 2.75) is 27.7 Å². The lowest BCUT2D eigenvalue weighted by atomic mass is 10.1. The molecule has 0 unspecified atom stereocenters. The van der Waals surface area contributed by atoms with Gasteiger partial charge in [-0.1, -0.05) is 29.8 Å². The van der Waals surface area contributed by atoms with E-state index in [0.29, 0.717) is 5.75 Å². The van der Waals surface area contributed by atoms with Gasteiger partial charge in [0.1, 0.15) is 5.75 Å². The number of carbonyl (C=O) groups excluding carboxylic acids is 1. The predicted molar refractivity (Wildman–Crippen MR) is 102 cm³/mol. The average Bonchev–Trinajstić information content (AvgIpc) is 2.51. The van der Waals surface area contributed by atoms with E-state index in [1.807, 2.05) is 58.0 Å². The minimum atomic E-state index is -0.293. The highest BCUT2D eigenvalue weighted by atomic mass is 32.1. The molecule has 24 heavy (non-hydrogen) atoms. The number of hydrogen-bond donors (Lipinski definition) is 2. The number of hydrogen-bond acceptors (Lipinski definition) is 3. The Hall–Kier alpha value is -2.40. The van der Waals surface area contributed by atoms with E-state index in [0.717, 1.165) is 22.4 Å². The monoisotopic (exact) mass is 342 g/mol. The summed E-state index contributed by atoms with van der Waals surface area (Å²) in [6, 6.07) is 11.9. The fourth-order valence-corrected chi connectivity index (χ4v) is 2.50. The van der Waals surface area contributed by atoms with Crippen LogP contribution in [0.2, 0.25) is 0 Å². The van der Waals surface area contributed by atoms with Crippen molar-refractivity contribution in [3.05, 3.63) is 58.7 Å². The Morgan fingerprint density at radius 3 is 2.38 bits per heavy atom. The van der Waals surface area contributed by atoms with Gasteiger partial charge in [0.2, 0.25) is 0 Å². The summed E-state index contributed by atoms with van der Waals surface area (Å²) in [7, 11) is 0. The summed E-state index contributed by atoms with van der Waals surface area (Å²) >= 11 is 5.18. The number of carbonyl (C=O) groups is 1. The average molecular weight is 342 g/mol. The first kappa shape index (κ1) is 17.9. The zero-order valence-corrected chi connectivity index (χ0v) is 15.2. The highest BCUT2D eigenvalue weighted by Gasteiger charge is 2.08. The first-order valence-corrected chi connectivity index (χ1v) is 8.14. The lowest BCUT2D eigenvalue weighted by Gasteiger charge is -2.13.